The van der Waals surface area contributed by atoms with Gasteiger partial charge < -0.3 is 4.74 Å². The van der Waals surface area contributed by atoms with Gasteiger partial charge in [-0.1, -0.05) is 11.6 Å². The van der Waals surface area contributed by atoms with Gasteiger partial charge in [0.1, 0.15) is 5.75 Å². The largest absolute Gasteiger partial charge is 0.450 e. The van der Waals surface area contributed by atoms with Crippen LogP contribution in [0.25, 0.3) is 0 Å². The third-order valence-electron chi connectivity index (χ3n) is 2.50. The van der Waals surface area contributed by atoms with Crippen LogP contribution in [0.15, 0.2) is 47.4 Å². The van der Waals surface area contributed by atoms with Crippen molar-refractivity contribution < 1.29 is 18.1 Å². The maximum absolute atomic E-state index is 11.2. The highest BCUT2D eigenvalue weighted by Crippen LogP contribution is 2.33. The van der Waals surface area contributed by atoms with Crippen LogP contribution < -0.4 is 9.88 Å². The number of nitro benzene ring substituents is 1. The molecule has 2 rings (SSSR count). The molecular weight excluding hydrogens is 320 g/mol. The number of nitrogens with two attached hydrogens (primary N) is 1. The van der Waals surface area contributed by atoms with Crippen LogP contribution in [0, 0.1) is 10.1 Å². The van der Waals surface area contributed by atoms with Crippen molar-refractivity contribution in [3.63, 3.8) is 0 Å². The third kappa shape index (κ3) is 3.69. The van der Waals surface area contributed by atoms with E-state index >= 15 is 0 Å². The van der Waals surface area contributed by atoms with Crippen LogP contribution in [0.3, 0.4) is 0 Å². The minimum Gasteiger partial charge on any atom is -0.450 e. The van der Waals surface area contributed by atoms with Gasteiger partial charge in [0.15, 0.2) is 0 Å². The lowest BCUT2D eigenvalue weighted by Gasteiger charge is -2.07. The molecule has 0 unspecified atom stereocenters. The second-order valence-corrected chi connectivity index (χ2v) is 5.99. The normalized spacial score (nSPS) is 11.1. The van der Waals surface area contributed by atoms with Gasteiger partial charge in [-0.05, 0) is 36.4 Å². The van der Waals surface area contributed by atoms with E-state index in [1.807, 2.05) is 0 Å². The summed E-state index contributed by atoms with van der Waals surface area (Å²) in [6.07, 6.45) is 0. The standard InChI is InChI=1S/C12H9ClN2O5S/c13-8-1-3-9(4-2-8)20-12-6-5-10(21(14,18)19)7-11(12)15(16)17/h1-7H,(H2,14,18,19). The number of ether oxygens (including phenoxy) is 1. The van der Waals surface area contributed by atoms with Crippen molar-refractivity contribution in [1.82, 2.24) is 0 Å². The van der Waals surface area contributed by atoms with E-state index in [4.69, 9.17) is 21.5 Å². The average Bonchev–Trinajstić information content (AvgIpc) is 2.40. The molecule has 0 radical (unpaired) electrons. The van der Waals surface area contributed by atoms with Gasteiger partial charge in [0, 0.05) is 11.1 Å². The van der Waals surface area contributed by atoms with Crippen molar-refractivity contribution >= 4 is 27.3 Å². The van der Waals surface area contributed by atoms with Crippen LogP contribution in [0.1, 0.15) is 0 Å². The second-order valence-electron chi connectivity index (χ2n) is 3.99. The summed E-state index contributed by atoms with van der Waals surface area (Å²) in [6.45, 7) is 0. The van der Waals surface area contributed by atoms with E-state index in [0.717, 1.165) is 12.1 Å². The number of hydrogen-bond acceptors (Lipinski definition) is 5. The van der Waals surface area contributed by atoms with Gasteiger partial charge in [-0.2, -0.15) is 0 Å². The molecule has 0 amide bonds. The molecule has 0 saturated heterocycles. The van der Waals surface area contributed by atoms with Crippen molar-refractivity contribution in [3.05, 3.63) is 57.6 Å². The Bertz CT molecular complexity index is 790. The van der Waals surface area contributed by atoms with Crippen LogP contribution >= 0.6 is 11.6 Å². The first-order valence-electron chi connectivity index (χ1n) is 5.52. The lowest BCUT2D eigenvalue weighted by Crippen LogP contribution is -2.12. The highest BCUT2D eigenvalue weighted by molar-refractivity contribution is 7.89. The Kier molecular flexibility index (Phi) is 4.12. The number of benzene rings is 2. The Balaban J connectivity index is 2.44. The summed E-state index contributed by atoms with van der Waals surface area (Å²) in [5.74, 6) is 0.223. The fourth-order valence-corrected chi connectivity index (χ4v) is 2.19. The first-order valence-corrected chi connectivity index (χ1v) is 7.44. The third-order valence-corrected chi connectivity index (χ3v) is 3.66. The van der Waals surface area contributed by atoms with Crippen molar-refractivity contribution in [2.24, 2.45) is 5.14 Å². The van der Waals surface area contributed by atoms with E-state index in [2.05, 4.69) is 0 Å². The van der Waals surface area contributed by atoms with Gasteiger partial charge >= 0.3 is 5.69 Å². The van der Waals surface area contributed by atoms with Gasteiger partial charge in [0.25, 0.3) is 0 Å². The summed E-state index contributed by atoms with van der Waals surface area (Å²) in [5.41, 5.74) is -0.503. The topological polar surface area (TPSA) is 113 Å². The number of halogens is 1. The fourth-order valence-electron chi connectivity index (χ4n) is 1.53. The molecule has 0 aliphatic heterocycles. The SMILES string of the molecule is NS(=O)(=O)c1ccc(Oc2ccc(Cl)cc2)c([N+](=O)[O-])c1. The summed E-state index contributed by atoms with van der Waals surface area (Å²) < 4.78 is 27.8. The average molecular weight is 329 g/mol. The van der Waals surface area contributed by atoms with Crippen molar-refractivity contribution in [1.29, 1.82) is 0 Å². The van der Waals surface area contributed by atoms with E-state index in [9.17, 15) is 18.5 Å². The minimum atomic E-state index is -4.03. The second kappa shape index (κ2) is 5.68. The molecule has 9 heteroatoms. The Morgan fingerprint density at radius 3 is 2.29 bits per heavy atom. The smallest absolute Gasteiger partial charge is 0.312 e. The molecule has 0 aliphatic rings. The van der Waals surface area contributed by atoms with Gasteiger partial charge in [0.2, 0.25) is 15.8 Å². The molecule has 21 heavy (non-hydrogen) atoms. The maximum Gasteiger partial charge on any atom is 0.312 e. The zero-order valence-corrected chi connectivity index (χ0v) is 12.0. The van der Waals surface area contributed by atoms with E-state index in [1.165, 1.54) is 18.2 Å². The monoisotopic (exact) mass is 328 g/mol. The number of rotatable bonds is 4. The molecule has 0 bridgehead atoms. The van der Waals surface area contributed by atoms with Crippen LogP contribution in [0.4, 0.5) is 5.69 Å². The van der Waals surface area contributed by atoms with Crippen molar-refractivity contribution in [2.75, 3.05) is 0 Å². The lowest BCUT2D eigenvalue weighted by atomic mass is 10.3. The molecule has 0 aliphatic carbocycles. The van der Waals surface area contributed by atoms with Crippen molar-refractivity contribution in [3.8, 4) is 11.5 Å². The molecule has 0 aromatic heterocycles. The zero-order chi connectivity index (χ0) is 15.6. The van der Waals surface area contributed by atoms with Gasteiger partial charge in [0.05, 0.1) is 9.82 Å². The van der Waals surface area contributed by atoms with Crippen LogP contribution in [-0.4, -0.2) is 13.3 Å². The number of primary sulfonamides is 1. The summed E-state index contributed by atoms with van der Waals surface area (Å²) >= 11 is 5.72. The first-order chi connectivity index (χ1) is 9.77. The Hall–Kier alpha value is -2.16. The molecule has 0 saturated carbocycles. The predicted molar refractivity (Wildman–Crippen MR) is 76.0 cm³/mol. The number of nitrogens with zero attached hydrogens (tertiary/aromatic N) is 1. The number of nitro groups is 1. The summed E-state index contributed by atoms with van der Waals surface area (Å²) in [4.78, 5) is 9.90. The molecule has 2 aromatic rings. The minimum absolute atomic E-state index is 0.102. The molecule has 0 fully saturated rings. The number of sulfonamides is 1. The highest BCUT2D eigenvalue weighted by Gasteiger charge is 2.20. The Morgan fingerprint density at radius 1 is 1.14 bits per heavy atom. The van der Waals surface area contributed by atoms with Gasteiger partial charge in [-0.3, -0.25) is 10.1 Å². The van der Waals surface area contributed by atoms with Gasteiger partial charge in [-0.15, -0.1) is 0 Å². The lowest BCUT2D eigenvalue weighted by molar-refractivity contribution is -0.385. The summed E-state index contributed by atoms with van der Waals surface area (Å²) in [7, 11) is -4.03. The summed E-state index contributed by atoms with van der Waals surface area (Å²) in [6, 6.07) is 9.32. The van der Waals surface area contributed by atoms with E-state index < -0.39 is 20.6 Å². The molecule has 0 spiro atoms. The van der Waals surface area contributed by atoms with Crippen LogP contribution in [0.2, 0.25) is 5.02 Å². The van der Waals surface area contributed by atoms with Crippen LogP contribution in [0.5, 0.6) is 11.5 Å². The zero-order valence-electron chi connectivity index (χ0n) is 10.4. The van der Waals surface area contributed by atoms with E-state index in [-0.39, 0.29) is 10.6 Å². The Labute approximate surface area is 125 Å². The number of hydrogen-bond donors (Lipinski definition) is 1. The maximum atomic E-state index is 11.2. The van der Waals surface area contributed by atoms with Crippen molar-refractivity contribution in [2.45, 2.75) is 4.90 Å². The molecule has 0 heterocycles. The quantitative estimate of drug-likeness (QED) is 0.684. The first kappa shape index (κ1) is 15.2. The van der Waals surface area contributed by atoms with E-state index in [0.29, 0.717) is 10.8 Å². The van der Waals surface area contributed by atoms with Gasteiger partial charge in [-0.25, -0.2) is 13.6 Å². The molecule has 0 atom stereocenters. The molecule has 2 aromatic carbocycles. The fraction of sp³-hybridized carbons (Fsp3) is 0. The molecule has 7 nitrogen and oxygen atoms in total. The Morgan fingerprint density at radius 2 is 1.76 bits per heavy atom. The summed E-state index contributed by atoms with van der Waals surface area (Å²) in [5, 5.41) is 16.4. The van der Waals surface area contributed by atoms with Crippen LogP contribution in [-0.2, 0) is 10.0 Å². The molecule has 110 valence electrons. The molecule has 2 N–H and O–H groups in total. The highest BCUT2D eigenvalue weighted by atomic mass is 35.5. The molecular formula is C12H9ClN2O5S. The van der Waals surface area contributed by atoms with E-state index in [1.54, 1.807) is 12.1 Å². The predicted octanol–water partition coefficient (Wildman–Crippen LogP) is 2.69.